The van der Waals surface area contributed by atoms with E-state index in [4.69, 9.17) is 11.6 Å². The maximum absolute atomic E-state index is 13.7. The number of carbonyl (C=O) groups excluding carboxylic acids is 1. The summed E-state index contributed by atoms with van der Waals surface area (Å²) in [4.78, 5) is 20.2. The molecule has 0 atom stereocenters. The molecule has 2 aromatic heterocycles. The van der Waals surface area contributed by atoms with E-state index in [0.29, 0.717) is 31.6 Å². The van der Waals surface area contributed by atoms with Gasteiger partial charge < -0.3 is 5.32 Å². The lowest BCUT2D eigenvalue weighted by atomic mass is 10.0. The Kier molecular flexibility index (Phi) is 8.71. The van der Waals surface area contributed by atoms with Gasteiger partial charge in [-0.3, -0.25) is 14.5 Å². The molecular formula is C30H28Cl2FN5O. The van der Waals surface area contributed by atoms with Gasteiger partial charge in [-0.1, -0.05) is 35.9 Å². The highest BCUT2D eigenvalue weighted by molar-refractivity contribution is 6.30. The molecule has 0 unspecified atom stereocenters. The van der Waals surface area contributed by atoms with Crippen molar-refractivity contribution >= 4 is 47.0 Å². The van der Waals surface area contributed by atoms with E-state index < -0.39 is 5.82 Å². The highest BCUT2D eigenvalue weighted by Crippen LogP contribution is 2.31. The number of nitrogens with one attached hydrogen (secondary N) is 1. The molecule has 0 fully saturated rings. The third-order valence-electron chi connectivity index (χ3n) is 6.76. The molecule has 39 heavy (non-hydrogen) atoms. The lowest BCUT2D eigenvalue weighted by Gasteiger charge is -2.27. The number of benzene rings is 2. The summed E-state index contributed by atoms with van der Waals surface area (Å²) in [6, 6.07) is 16.2. The van der Waals surface area contributed by atoms with Crippen LogP contribution in [0.2, 0.25) is 5.02 Å². The van der Waals surface area contributed by atoms with Gasteiger partial charge in [0.1, 0.15) is 5.82 Å². The van der Waals surface area contributed by atoms with Gasteiger partial charge in [0.25, 0.3) is 0 Å². The summed E-state index contributed by atoms with van der Waals surface area (Å²) in [6.07, 6.45) is 4.58. The second-order valence-electron chi connectivity index (χ2n) is 9.58. The standard InChI is InChI=1S/C30H27ClFN5O.ClH/c1-19-12-23(13-20(2)35-19)17-34-30(38)37-28-9-11-36(10-3-4-21-6-8-26(31)27(32)14-21)18-25(28)24-7-5-22(16-33)15-29(24)37;/h3-8,12-15H,9-11,17-18H2,1-2H3,(H,34,38);1H/b4-3+;. The predicted molar refractivity (Wildman–Crippen MR) is 155 cm³/mol. The predicted octanol–water partition coefficient (Wildman–Crippen LogP) is 6.57. The van der Waals surface area contributed by atoms with Crippen molar-refractivity contribution in [3.05, 3.63) is 105 Å². The van der Waals surface area contributed by atoms with E-state index >= 15 is 0 Å². The van der Waals surface area contributed by atoms with Crippen molar-refractivity contribution in [1.82, 2.24) is 19.8 Å². The molecule has 0 spiro atoms. The zero-order valence-corrected chi connectivity index (χ0v) is 23.2. The molecule has 0 aliphatic carbocycles. The Hall–Kier alpha value is -3.70. The summed E-state index contributed by atoms with van der Waals surface area (Å²) in [5.41, 5.74) is 6.87. The average molecular weight is 564 g/mol. The van der Waals surface area contributed by atoms with Crippen molar-refractivity contribution in [2.75, 3.05) is 13.1 Å². The smallest absolute Gasteiger partial charge is 0.326 e. The lowest BCUT2D eigenvalue weighted by Crippen LogP contribution is -2.34. The van der Waals surface area contributed by atoms with E-state index in [1.165, 1.54) is 6.07 Å². The molecule has 4 aromatic rings. The number of nitrogens with zero attached hydrogens (tertiary/aromatic N) is 4. The van der Waals surface area contributed by atoms with Gasteiger partial charge in [0.05, 0.1) is 22.2 Å². The molecule has 1 N–H and O–H groups in total. The fraction of sp³-hybridized carbons (Fsp3) is 0.233. The largest absolute Gasteiger partial charge is 0.333 e. The fourth-order valence-corrected chi connectivity index (χ4v) is 5.22. The third kappa shape index (κ3) is 6.15. The number of carbonyl (C=O) groups is 1. The van der Waals surface area contributed by atoms with Crippen molar-refractivity contribution in [3.8, 4) is 6.07 Å². The highest BCUT2D eigenvalue weighted by Gasteiger charge is 2.26. The molecule has 1 aliphatic heterocycles. The van der Waals surface area contributed by atoms with Crippen LogP contribution in [0.3, 0.4) is 0 Å². The minimum absolute atomic E-state index is 0. The third-order valence-corrected chi connectivity index (χ3v) is 7.07. The molecule has 1 aliphatic rings. The first-order valence-corrected chi connectivity index (χ1v) is 12.8. The first-order valence-electron chi connectivity index (χ1n) is 12.4. The number of fused-ring (bicyclic) bond motifs is 3. The zero-order valence-electron chi connectivity index (χ0n) is 21.7. The zero-order chi connectivity index (χ0) is 26.8. The van der Waals surface area contributed by atoms with Crippen molar-refractivity contribution in [2.24, 2.45) is 0 Å². The molecule has 0 radical (unpaired) electrons. The molecule has 1 amide bonds. The van der Waals surface area contributed by atoms with E-state index in [-0.39, 0.29) is 23.5 Å². The molecule has 0 saturated heterocycles. The van der Waals surface area contributed by atoms with Crippen LogP contribution in [0, 0.1) is 31.0 Å². The number of hydrogen-bond donors (Lipinski definition) is 1. The van der Waals surface area contributed by atoms with Crippen LogP contribution in [0.25, 0.3) is 17.0 Å². The Morgan fingerprint density at radius 2 is 1.95 bits per heavy atom. The van der Waals surface area contributed by atoms with Crippen LogP contribution in [0.15, 0.2) is 54.6 Å². The summed E-state index contributed by atoms with van der Waals surface area (Å²) < 4.78 is 15.5. The molecular weight excluding hydrogens is 536 g/mol. The van der Waals surface area contributed by atoms with Crippen molar-refractivity contribution in [3.63, 3.8) is 0 Å². The summed E-state index contributed by atoms with van der Waals surface area (Å²) in [5.74, 6) is -0.437. The van der Waals surface area contributed by atoms with E-state index in [2.05, 4.69) is 21.3 Å². The van der Waals surface area contributed by atoms with Crippen LogP contribution in [0.5, 0.6) is 0 Å². The maximum atomic E-state index is 13.7. The van der Waals surface area contributed by atoms with Crippen LogP contribution in [0.1, 0.15) is 39.3 Å². The minimum Gasteiger partial charge on any atom is -0.333 e. The van der Waals surface area contributed by atoms with Gasteiger partial charge in [-0.25, -0.2) is 9.18 Å². The van der Waals surface area contributed by atoms with Crippen molar-refractivity contribution in [1.29, 1.82) is 5.26 Å². The van der Waals surface area contributed by atoms with Crippen LogP contribution >= 0.6 is 24.0 Å². The van der Waals surface area contributed by atoms with Crippen LogP contribution < -0.4 is 5.32 Å². The molecule has 2 aromatic carbocycles. The number of amides is 1. The van der Waals surface area contributed by atoms with Crippen LogP contribution in [-0.4, -0.2) is 33.6 Å². The van der Waals surface area contributed by atoms with Gasteiger partial charge in [0, 0.05) is 55.1 Å². The molecule has 0 bridgehead atoms. The van der Waals surface area contributed by atoms with Gasteiger partial charge in [0.2, 0.25) is 0 Å². The van der Waals surface area contributed by atoms with E-state index in [1.54, 1.807) is 28.8 Å². The lowest BCUT2D eigenvalue weighted by molar-refractivity contribution is 0.240. The fourth-order valence-electron chi connectivity index (χ4n) is 5.10. The minimum atomic E-state index is -0.437. The summed E-state index contributed by atoms with van der Waals surface area (Å²) in [5, 5.41) is 13.6. The monoisotopic (exact) mass is 563 g/mol. The molecule has 6 nitrogen and oxygen atoms in total. The topological polar surface area (TPSA) is 74.0 Å². The summed E-state index contributed by atoms with van der Waals surface area (Å²) in [7, 11) is 0. The number of rotatable bonds is 5. The van der Waals surface area contributed by atoms with E-state index in [9.17, 15) is 14.4 Å². The number of aryl methyl sites for hydroxylation is 2. The molecule has 9 heteroatoms. The Labute approximate surface area is 238 Å². The van der Waals surface area contributed by atoms with Crippen molar-refractivity contribution < 1.29 is 9.18 Å². The van der Waals surface area contributed by atoms with Crippen LogP contribution in [0.4, 0.5) is 9.18 Å². The average Bonchev–Trinajstić information content (AvgIpc) is 3.21. The highest BCUT2D eigenvalue weighted by atomic mass is 35.5. The Morgan fingerprint density at radius 3 is 2.67 bits per heavy atom. The first-order chi connectivity index (χ1) is 18.3. The van der Waals surface area contributed by atoms with Gasteiger partial charge in [-0.05, 0) is 66.9 Å². The van der Waals surface area contributed by atoms with Gasteiger partial charge in [-0.2, -0.15) is 5.26 Å². The Balaban J connectivity index is 0.00000353. The number of hydrogen-bond acceptors (Lipinski definition) is 4. The van der Waals surface area contributed by atoms with E-state index in [0.717, 1.165) is 51.2 Å². The van der Waals surface area contributed by atoms with Gasteiger partial charge >= 0.3 is 6.03 Å². The maximum Gasteiger partial charge on any atom is 0.326 e. The number of aromatic nitrogens is 2. The van der Waals surface area contributed by atoms with Crippen molar-refractivity contribution in [2.45, 2.75) is 33.4 Å². The number of nitriles is 1. The number of halogens is 3. The molecule has 200 valence electrons. The second-order valence-corrected chi connectivity index (χ2v) is 9.99. The van der Waals surface area contributed by atoms with E-state index in [1.807, 2.05) is 44.2 Å². The summed E-state index contributed by atoms with van der Waals surface area (Å²) in [6.45, 7) is 6.37. The SMILES string of the molecule is Cc1cc(CNC(=O)n2c3c(c4ccc(C#N)cc42)CN(C/C=C/c2ccc(Cl)c(F)c2)CC3)cc(C)n1.Cl. The van der Waals surface area contributed by atoms with Crippen LogP contribution in [-0.2, 0) is 19.5 Å². The normalized spacial score (nSPS) is 13.2. The van der Waals surface area contributed by atoms with Gasteiger partial charge in [-0.15, -0.1) is 12.4 Å². The Morgan fingerprint density at radius 1 is 1.18 bits per heavy atom. The summed E-state index contributed by atoms with van der Waals surface area (Å²) >= 11 is 5.78. The quantitative estimate of drug-likeness (QED) is 0.298. The number of pyridine rings is 1. The second kappa shape index (κ2) is 12.0. The van der Waals surface area contributed by atoms with Gasteiger partial charge in [0.15, 0.2) is 0 Å². The molecule has 5 rings (SSSR count). The molecule has 3 heterocycles. The first kappa shape index (κ1) is 28.3. The Bertz CT molecular complexity index is 1600. The molecule has 0 saturated carbocycles.